The van der Waals surface area contributed by atoms with Crippen LogP contribution < -0.4 is 10.7 Å². The number of benzene rings is 2. The minimum Gasteiger partial charge on any atom is -0.455 e. The number of carbonyl (C=O) groups excluding carboxylic acids is 2. The molecular weight excluding hydrogens is 378 g/mol. The summed E-state index contributed by atoms with van der Waals surface area (Å²) in [7, 11) is 0. The Morgan fingerprint density at radius 3 is 2.43 bits per heavy atom. The molecule has 1 aliphatic rings. The van der Waals surface area contributed by atoms with E-state index in [4.69, 9.17) is 4.42 Å². The summed E-state index contributed by atoms with van der Waals surface area (Å²) in [4.78, 5) is 25.2. The van der Waals surface area contributed by atoms with E-state index in [0.717, 1.165) is 41.0 Å². The van der Waals surface area contributed by atoms with Crippen LogP contribution in [0.3, 0.4) is 0 Å². The monoisotopic (exact) mass is 401 g/mol. The standard InChI is InChI=1S/C24H23N3O3/c1-15-9-6-7-12-18(15)23(28)27-26-19-13-8-14-20-21(19)16(2)22(30-20)24(29)25-17-10-4-3-5-11-17/h3-7,9-12H,8,13-14H2,1-2H3,(H,25,29)(H,27,28)/b26-19+. The van der Waals surface area contributed by atoms with E-state index in [1.165, 1.54) is 0 Å². The van der Waals surface area contributed by atoms with Gasteiger partial charge in [0.25, 0.3) is 11.8 Å². The Hall–Kier alpha value is -3.67. The predicted octanol–water partition coefficient (Wildman–Crippen LogP) is 4.62. The number of hydrogen-bond acceptors (Lipinski definition) is 4. The predicted molar refractivity (Wildman–Crippen MR) is 116 cm³/mol. The zero-order valence-corrected chi connectivity index (χ0v) is 17.0. The topological polar surface area (TPSA) is 83.7 Å². The lowest BCUT2D eigenvalue weighted by molar-refractivity contribution is 0.0953. The van der Waals surface area contributed by atoms with Gasteiger partial charge < -0.3 is 9.73 Å². The molecule has 30 heavy (non-hydrogen) atoms. The van der Waals surface area contributed by atoms with Crippen molar-refractivity contribution in [3.05, 3.63) is 88.4 Å². The van der Waals surface area contributed by atoms with E-state index in [1.807, 2.05) is 62.4 Å². The number of furan rings is 1. The zero-order chi connectivity index (χ0) is 21.1. The molecule has 2 N–H and O–H groups in total. The van der Waals surface area contributed by atoms with Gasteiger partial charge in [-0.3, -0.25) is 9.59 Å². The van der Waals surface area contributed by atoms with E-state index in [-0.39, 0.29) is 17.6 Å². The highest BCUT2D eigenvalue weighted by molar-refractivity contribution is 6.09. The average molecular weight is 401 g/mol. The summed E-state index contributed by atoms with van der Waals surface area (Å²) in [6, 6.07) is 16.6. The minimum atomic E-state index is -0.295. The van der Waals surface area contributed by atoms with Crippen LogP contribution in [0.15, 0.2) is 64.1 Å². The Bertz CT molecular complexity index is 1130. The molecule has 2 aromatic carbocycles. The molecule has 3 aromatic rings. The molecular formula is C24H23N3O3. The fraction of sp³-hybridized carbons (Fsp3) is 0.208. The third kappa shape index (κ3) is 3.89. The van der Waals surface area contributed by atoms with Crippen molar-refractivity contribution in [1.82, 2.24) is 5.43 Å². The first-order chi connectivity index (χ1) is 14.5. The first-order valence-corrected chi connectivity index (χ1v) is 9.96. The second-order valence-corrected chi connectivity index (χ2v) is 7.34. The number of fused-ring (bicyclic) bond motifs is 1. The molecule has 0 atom stereocenters. The number of hydrogen-bond donors (Lipinski definition) is 2. The van der Waals surface area contributed by atoms with E-state index >= 15 is 0 Å². The highest BCUT2D eigenvalue weighted by Gasteiger charge is 2.28. The maximum Gasteiger partial charge on any atom is 0.291 e. The maximum absolute atomic E-state index is 12.7. The van der Waals surface area contributed by atoms with Crippen LogP contribution in [0, 0.1) is 13.8 Å². The highest BCUT2D eigenvalue weighted by atomic mass is 16.4. The number of carbonyl (C=O) groups is 2. The van der Waals surface area contributed by atoms with Crippen molar-refractivity contribution in [1.29, 1.82) is 0 Å². The molecule has 0 saturated carbocycles. The molecule has 152 valence electrons. The molecule has 0 bridgehead atoms. The summed E-state index contributed by atoms with van der Waals surface area (Å²) < 4.78 is 5.91. The number of aryl methyl sites for hydroxylation is 2. The number of nitrogens with one attached hydrogen (secondary N) is 2. The Morgan fingerprint density at radius 1 is 0.933 bits per heavy atom. The summed E-state index contributed by atoms with van der Waals surface area (Å²) in [6.07, 6.45) is 2.29. The Kier molecular flexibility index (Phi) is 5.48. The van der Waals surface area contributed by atoms with E-state index in [0.29, 0.717) is 17.7 Å². The summed E-state index contributed by atoms with van der Waals surface area (Å²) in [6.45, 7) is 3.74. The molecule has 6 nitrogen and oxygen atoms in total. The quantitative estimate of drug-likeness (QED) is 0.626. The van der Waals surface area contributed by atoms with Gasteiger partial charge in [0.05, 0.1) is 5.71 Å². The van der Waals surface area contributed by atoms with Crippen molar-refractivity contribution in [3.8, 4) is 0 Å². The molecule has 0 fully saturated rings. The lowest BCUT2D eigenvalue weighted by atomic mass is 9.93. The normalized spacial score (nSPS) is 14.3. The summed E-state index contributed by atoms with van der Waals surface area (Å²) in [5.74, 6) is 0.469. The molecule has 6 heteroatoms. The van der Waals surface area contributed by atoms with Crippen LogP contribution in [-0.2, 0) is 6.42 Å². The van der Waals surface area contributed by atoms with Gasteiger partial charge in [0.15, 0.2) is 5.76 Å². The second kappa shape index (κ2) is 8.37. The van der Waals surface area contributed by atoms with Crippen molar-refractivity contribution >= 4 is 23.2 Å². The number of anilines is 1. The van der Waals surface area contributed by atoms with Gasteiger partial charge in [-0.15, -0.1) is 0 Å². The van der Waals surface area contributed by atoms with Gasteiger partial charge in [0, 0.05) is 28.8 Å². The summed E-state index contributed by atoms with van der Waals surface area (Å²) in [5.41, 5.74) is 7.14. The Balaban J connectivity index is 1.58. The van der Waals surface area contributed by atoms with E-state index < -0.39 is 0 Å². The molecule has 2 amide bonds. The fourth-order valence-electron chi connectivity index (χ4n) is 3.71. The van der Waals surface area contributed by atoms with Gasteiger partial charge in [0.2, 0.25) is 0 Å². The van der Waals surface area contributed by atoms with E-state index in [9.17, 15) is 9.59 Å². The van der Waals surface area contributed by atoms with Gasteiger partial charge in [-0.05, 0) is 50.5 Å². The minimum absolute atomic E-state index is 0.254. The molecule has 0 aliphatic heterocycles. The van der Waals surface area contributed by atoms with Gasteiger partial charge in [-0.25, -0.2) is 5.43 Å². The van der Waals surface area contributed by atoms with Crippen LogP contribution in [-0.4, -0.2) is 17.5 Å². The third-order valence-corrected chi connectivity index (χ3v) is 5.25. The van der Waals surface area contributed by atoms with Gasteiger partial charge >= 0.3 is 0 Å². The lowest BCUT2D eigenvalue weighted by Gasteiger charge is -2.13. The number of hydrazone groups is 1. The van der Waals surface area contributed by atoms with Crippen LogP contribution in [0.5, 0.6) is 0 Å². The second-order valence-electron chi connectivity index (χ2n) is 7.34. The van der Waals surface area contributed by atoms with E-state index in [1.54, 1.807) is 6.07 Å². The molecule has 0 spiro atoms. The van der Waals surface area contributed by atoms with Crippen molar-refractivity contribution < 1.29 is 14.0 Å². The van der Waals surface area contributed by atoms with Gasteiger partial charge in [-0.1, -0.05) is 36.4 Å². The SMILES string of the molecule is Cc1ccccc1C(=O)N/N=C1\CCCc2oc(C(=O)Nc3ccccc3)c(C)c21. The maximum atomic E-state index is 12.7. The fourth-order valence-corrected chi connectivity index (χ4v) is 3.71. The third-order valence-electron chi connectivity index (χ3n) is 5.25. The van der Waals surface area contributed by atoms with Crippen molar-refractivity contribution in [2.75, 3.05) is 5.32 Å². The Labute approximate surface area is 175 Å². The smallest absolute Gasteiger partial charge is 0.291 e. The van der Waals surface area contributed by atoms with Crippen LogP contribution in [0.4, 0.5) is 5.69 Å². The number of nitrogens with zero attached hydrogens (tertiary/aromatic N) is 1. The molecule has 0 saturated heterocycles. The van der Waals surface area contributed by atoms with E-state index in [2.05, 4.69) is 15.8 Å². The Morgan fingerprint density at radius 2 is 1.67 bits per heavy atom. The van der Waals surface area contributed by atoms with Crippen LogP contribution >= 0.6 is 0 Å². The average Bonchev–Trinajstić information content (AvgIpc) is 3.10. The number of rotatable bonds is 4. The molecule has 0 radical (unpaired) electrons. The summed E-state index contributed by atoms with van der Waals surface area (Å²) in [5, 5.41) is 7.24. The highest BCUT2D eigenvalue weighted by Crippen LogP contribution is 2.30. The van der Waals surface area contributed by atoms with Gasteiger partial charge in [0.1, 0.15) is 5.76 Å². The van der Waals surface area contributed by atoms with Gasteiger partial charge in [-0.2, -0.15) is 5.10 Å². The summed E-state index contributed by atoms with van der Waals surface area (Å²) >= 11 is 0. The molecule has 4 rings (SSSR count). The van der Waals surface area contributed by atoms with Crippen molar-refractivity contribution in [3.63, 3.8) is 0 Å². The number of amides is 2. The molecule has 1 heterocycles. The van der Waals surface area contributed by atoms with Crippen LogP contribution in [0.1, 0.15) is 56.2 Å². The van der Waals surface area contributed by atoms with Crippen LogP contribution in [0.25, 0.3) is 0 Å². The first-order valence-electron chi connectivity index (χ1n) is 9.96. The van der Waals surface area contributed by atoms with Crippen molar-refractivity contribution in [2.45, 2.75) is 33.1 Å². The lowest BCUT2D eigenvalue weighted by Crippen LogP contribution is -2.22. The molecule has 1 aliphatic carbocycles. The largest absolute Gasteiger partial charge is 0.455 e. The van der Waals surface area contributed by atoms with Crippen LogP contribution in [0.2, 0.25) is 0 Å². The van der Waals surface area contributed by atoms with Crippen molar-refractivity contribution in [2.24, 2.45) is 5.10 Å². The number of para-hydroxylation sites is 1. The molecule has 1 aromatic heterocycles. The zero-order valence-electron chi connectivity index (χ0n) is 17.0. The first kappa shape index (κ1) is 19.6. The molecule has 0 unspecified atom stereocenters.